The van der Waals surface area contributed by atoms with Crippen LogP contribution in [0.25, 0.3) is 21.8 Å². The number of nitrogens with one attached hydrogen (secondary N) is 1. The number of rotatable bonds is 6. The Morgan fingerprint density at radius 2 is 1.37 bits per heavy atom. The zero-order valence-electron chi connectivity index (χ0n) is 17.3. The first kappa shape index (κ1) is 19.9. The molecule has 4 rings (SSSR count). The first-order chi connectivity index (χ1) is 14.6. The van der Waals surface area contributed by atoms with Gasteiger partial charge in [-0.1, -0.05) is 68.4 Å². The summed E-state index contributed by atoms with van der Waals surface area (Å²) >= 11 is 0. The van der Waals surface area contributed by atoms with Crippen LogP contribution in [-0.4, -0.2) is 17.0 Å². The number of fused-ring (bicyclic) bond motifs is 2. The molecule has 1 aromatic heterocycles. The van der Waals surface area contributed by atoms with Crippen LogP contribution in [0.3, 0.4) is 0 Å². The molecule has 1 N–H and O–H groups in total. The van der Waals surface area contributed by atoms with Crippen molar-refractivity contribution in [2.75, 3.05) is 6.54 Å². The Hall–Kier alpha value is -3.40. The van der Waals surface area contributed by atoms with Gasteiger partial charge in [-0.2, -0.15) is 0 Å². The maximum absolute atomic E-state index is 12.9. The minimum Gasteiger partial charge on any atom is -0.354 e. The smallest absolute Gasteiger partial charge is 0.239 e. The Morgan fingerprint density at radius 3 is 1.93 bits per heavy atom. The largest absolute Gasteiger partial charge is 0.354 e. The fourth-order valence-electron chi connectivity index (χ4n) is 4.11. The topological polar surface area (TPSA) is 51.1 Å². The van der Waals surface area contributed by atoms with Crippen LogP contribution in [0.5, 0.6) is 0 Å². The zero-order valence-corrected chi connectivity index (χ0v) is 17.3. The van der Waals surface area contributed by atoms with E-state index >= 15 is 0 Å². The Bertz CT molecular complexity index is 1180. The van der Waals surface area contributed by atoms with Gasteiger partial charge >= 0.3 is 0 Å². The lowest BCUT2D eigenvalue weighted by molar-refractivity contribution is -0.121. The molecule has 0 aliphatic heterocycles. The molecular weight excluding hydrogens is 372 g/mol. The third kappa shape index (κ3) is 3.86. The summed E-state index contributed by atoms with van der Waals surface area (Å²) in [4.78, 5) is 25.8. The Morgan fingerprint density at radius 1 is 0.833 bits per heavy atom. The first-order valence-electron chi connectivity index (χ1n) is 10.4. The van der Waals surface area contributed by atoms with E-state index in [9.17, 15) is 9.59 Å². The van der Waals surface area contributed by atoms with E-state index in [1.807, 2.05) is 71.3 Å². The van der Waals surface area contributed by atoms with E-state index in [1.165, 1.54) is 5.56 Å². The first-order valence-corrected chi connectivity index (χ1v) is 10.4. The zero-order chi connectivity index (χ0) is 21.1. The monoisotopic (exact) mass is 398 g/mol. The highest BCUT2D eigenvalue weighted by Crippen LogP contribution is 2.23. The number of pyridine rings is 1. The van der Waals surface area contributed by atoms with Gasteiger partial charge < -0.3 is 9.88 Å². The van der Waals surface area contributed by atoms with Crippen LogP contribution < -0.4 is 10.7 Å². The van der Waals surface area contributed by atoms with Gasteiger partial charge in [0, 0.05) is 23.2 Å². The summed E-state index contributed by atoms with van der Waals surface area (Å²) in [5.74, 6) is 0.593. The van der Waals surface area contributed by atoms with E-state index in [1.54, 1.807) is 0 Å². The maximum Gasteiger partial charge on any atom is 0.239 e. The molecule has 0 fully saturated rings. The van der Waals surface area contributed by atoms with E-state index in [0.29, 0.717) is 23.2 Å². The van der Waals surface area contributed by atoms with Crippen molar-refractivity contribution in [1.82, 2.24) is 9.88 Å². The molecule has 4 aromatic rings. The molecule has 1 atom stereocenters. The lowest BCUT2D eigenvalue weighted by Gasteiger charge is -2.22. The Kier molecular flexibility index (Phi) is 5.66. The Balaban J connectivity index is 1.63. The third-order valence-electron chi connectivity index (χ3n) is 5.73. The fraction of sp³-hybridized carbons (Fsp3) is 0.231. The second-order valence-corrected chi connectivity index (χ2v) is 8.01. The number of aromatic nitrogens is 1. The lowest BCUT2D eigenvalue weighted by atomic mass is 9.88. The van der Waals surface area contributed by atoms with Crippen LogP contribution in [0.1, 0.15) is 25.3 Å². The molecule has 152 valence electrons. The molecule has 0 saturated carbocycles. The van der Waals surface area contributed by atoms with Crippen molar-refractivity contribution < 1.29 is 4.79 Å². The minimum atomic E-state index is -0.0597. The predicted octanol–water partition coefficient (Wildman–Crippen LogP) is 4.71. The number of hydrogen-bond donors (Lipinski definition) is 1. The molecule has 30 heavy (non-hydrogen) atoms. The van der Waals surface area contributed by atoms with Crippen molar-refractivity contribution in [3.63, 3.8) is 0 Å². The number of benzene rings is 3. The molecule has 1 unspecified atom stereocenters. The maximum atomic E-state index is 12.9. The summed E-state index contributed by atoms with van der Waals surface area (Å²) < 4.78 is 1.94. The van der Waals surface area contributed by atoms with Crippen molar-refractivity contribution in [3.05, 3.63) is 94.6 Å². The number of para-hydroxylation sites is 2. The van der Waals surface area contributed by atoms with Gasteiger partial charge in [0.15, 0.2) is 5.43 Å². The quantitative estimate of drug-likeness (QED) is 0.478. The van der Waals surface area contributed by atoms with E-state index in [4.69, 9.17) is 0 Å². The average molecular weight is 399 g/mol. The number of amides is 1. The lowest BCUT2D eigenvalue weighted by Crippen LogP contribution is -2.33. The number of carbonyl (C=O) groups is 1. The van der Waals surface area contributed by atoms with Crippen molar-refractivity contribution in [3.8, 4) is 0 Å². The molecule has 0 radical (unpaired) electrons. The normalized spacial score (nSPS) is 12.4. The average Bonchev–Trinajstić information content (AvgIpc) is 2.77. The van der Waals surface area contributed by atoms with Gasteiger partial charge in [-0.25, -0.2) is 0 Å². The summed E-state index contributed by atoms with van der Waals surface area (Å²) in [6, 6.07) is 25.2. The van der Waals surface area contributed by atoms with Gasteiger partial charge in [-0.15, -0.1) is 0 Å². The summed E-state index contributed by atoms with van der Waals surface area (Å²) in [5.41, 5.74) is 2.79. The van der Waals surface area contributed by atoms with Crippen molar-refractivity contribution in [2.24, 2.45) is 5.92 Å². The van der Waals surface area contributed by atoms with Gasteiger partial charge in [0.1, 0.15) is 6.54 Å². The molecule has 4 heteroatoms. The molecule has 0 aliphatic carbocycles. The summed E-state index contributed by atoms with van der Waals surface area (Å²) in [7, 11) is 0. The highest BCUT2D eigenvalue weighted by molar-refractivity contribution is 5.94. The molecule has 0 bridgehead atoms. The number of nitrogens with zero attached hydrogens (tertiary/aromatic N) is 1. The van der Waals surface area contributed by atoms with Gasteiger partial charge in [-0.3, -0.25) is 9.59 Å². The summed E-state index contributed by atoms with van der Waals surface area (Å²) in [6.45, 7) is 5.09. The van der Waals surface area contributed by atoms with Gasteiger partial charge in [0.25, 0.3) is 0 Å². The van der Waals surface area contributed by atoms with Gasteiger partial charge in [0.2, 0.25) is 5.91 Å². The SMILES string of the molecule is CC(C)C(CNC(=O)Cn1c2ccccc2c(=O)c2ccccc21)c1ccccc1. The van der Waals surface area contributed by atoms with E-state index in [2.05, 4.69) is 31.3 Å². The molecular formula is C26H26N2O2. The van der Waals surface area contributed by atoms with Crippen molar-refractivity contribution >= 4 is 27.7 Å². The molecule has 3 aromatic carbocycles. The second kappa shape index (κ2) is 8.54. The van der Waals surface area contributed by atoms with Crippen molar-refractivity contribution in [2.45, 2.75) is 26.3 Å². The van der Waals surface area contributed by atoms with Crippen LogP contribution >= 0.6 is 0 Å². The van der Waals surface area contributed by atoms with Gasteiger partial charge in [-0.05, 0) is 35.7 Å². The van der Waals surface area contributed by atoms with E-state index in [-0.39, 0.29) is 23.8 Å². The third-order valence-corrected chi connectivity index (χ3v) is 5.73. The van der Waals surface area contributed by atoms with Crippen LogP contribution in [0.2, 0.25) is 0 Å². The molecule has 1 heterocycles. The fourth-order valence-corrected chi connectivity index (χ4v) is 4.11. The van der Waals surface area contributed by atoms with Crippen LogP contribution in [0.4, 0.5) is 0 Å². The van der Waals surface area contributed by atoms with Crippen LogP contribution in [0.15, 0.2) is 83.7 Å². The van der Waals surface area contributed by atoms with Gasteiger partial charge in [0.05, 0.1) is 11.0 Å². The predicted molar refractivity (Wildman–Crippen MR) is 123 cm³/mol. The molecule has 0 aliphatic rings. The molecule has 0 spiro atoms. The van der Waals surface area contributed by atoms with E-state index in [0.717, 1.165) is 11.0 Å². The molecule has 4 nitrogen and oxygen atoms in total. The number of hydrogen-bond acceptors (Lipinski definition) is 2. The summed E-state index contributed by atoms with van der Waals surface area (Å²) in [6.07, 6.45) is 0. The van der Waals surface area contributed by atoms with E-state index < -0.39 is 0 Å². The second-order valence-electron chi connectivity index (χ2n) is 8.01. The highest BCUT2D eigenvalue weighted by atomic mass is 16.2. The summed E-state index contributed by atoms with van der Waals surface area (Å²) in [5, 5.41) is 4.38. The van der Waals surface area contributed by atoms with Crippen molar-refractivity contribution in [1.29, 1.82) is 0 Å². The number of carbonyl (C=O) groups excluding carboxylic acids is 1. The highest BCUT2D eigenvalue weighted by Gasteiger charge is 2.18. The Labute approximate surface area is 176 Å². The standard InChI is InChI=1S/C26H26N2O2/c1-18(2)22(19-10-4-3-5-11-19)16-27-25(29)17-28-23-14-8-6-12-20(23)26(30)21-13-7-9-15-24(21)28/h3-15,18,22H,16-17H2,1-2H3,(H,27,29). The van der Waals surface area contributed by atoms with Crippen LogP contribution in [0, 0.1) is 5.92 Å². The molecule has 0 saturated heterocycles. The minimum absolute atomic E-state index is 0.00167. The van der Waals surface area contributed by atoms with Crippen LogP contribution in [-0.2, 0) is 11.3 Å². The molecule has 1 amide bonds.